The monoisotopic (exact) mass is 411 g/mol. The average molecular weight is 411 g/mol. The molecule has 2 heterocycles. The zero-order valence-corrected chi connectivity index (χ0v) is 16.7. The van der Waals surface area contributed by atoms with Crippen LogP contribution < -0.4 is 5.73 Å². The lowest BCUT2D eigenvalue weighted by atomic mass is 10.0. The Kier molecular flexibility index (Phi) is 5.61. The molecule has 156 valence electrons. The molecular formula is C22H23F2N5O. The van der Waals surface area contributed by atoms with Gasteiger partial charge in [-0.1, -0.05) is 18.2 Å². The first-order chi connectivity index (χ1) is 14.4. The van der Waals surface area contributed by atoms with E-state index in [0.717, 1.165) is 55.1 Å². The van der Waals surface area contributed by atoms with Crippen molar-refractivity contribution in [3.8, 4) is 5.69 Å². The van der Waals surface area contributed by atoms with Crippen LogP contribution in [0, 0.1) is 11.6 Å². The van der Waals surface area contributed by atoms with Gasteiger partial charge in [0.1, 0.15) is 17.3 Å². The van der Waals surface area contributed by atoms with Crippen molar-refractivity contribution in [3.63, 3.8) is 0 Å². The van der Waals surface area contributed by atoms with Crippen LogP contribution in [0.15, 0.2) is 48.7 Å². The summed E-state index contributed by atoms with van der Waals surface area (Å²) < 4.78 is 28.4. The number of anilines is 1. The lowest BCUT2D eigenvalue weighted by molar-refractivity contribution is 0.103. The Morgan fingerprint density at radius 3 is 2.60 bits per heavy atom. The van der Waals surface area contributed by atoms with Gasteiger partial charge in [0.05, 0.1) is 11.8 Å². The van der Waals surface area contributed by atoms with Gasteiger partial charge in [-0.05, 0) is 30.8 Å². The van der Waals surface area contributed by atoms with E-state index in [0.29, 0.717) is 5.56 Å². The second-order valence-electron chi connectivity index (χ2n) is 7.56. The number of carbonyl (C=O) groups excluding carboxylic acids is 1. The lowest BCUT2D eigenvalue weighted by Crippen LogP contribution is -2.43. The van der Waals surface area contributed by atoms with Crippen molar-refractivity contribution in [1.82, 2.24) is 19.6 Å². The molecule has 0 spiro atoms. The Hall–Kier alpha value is -3.10. The summed E-state index contributed by atoms with van der Waals surface area (Å²) in [5.41, 5.74) is 7.78. The van der Waals surface area contributed by atoms with Crippen molar-refractivity contribution in [2.75, 3.05) is 39.0 Å². The minimum absolute atomic E-state index is 0.00924. The van der Waals surface area contributed by atoms with Crippen LogP contribution >= 0.6 is 0 Å². The second-order valence-corrected chi connectivity index (χ2v) is 7.56. The Balaban J connectivity index is 1.56. The average Bonchev–Trinajstić information content (AvgIpc) is 3.10. The van der Waals surface area contributed by atoms with Crippen LogP contribution in [-0.2, 0) is 6.54 Å². The molecule has 0 aliphatic carbocycles. The number of ketones is 1. The summed E-state index contributed by atoms with van der Waals surface area (Å²) in [6, 6.07) is 10.5. The highest BCUT2D eigenvalue weighted by atomic mass is 19.1. The van der Waals surface area contributed by atoms with Gasteiger partial charge in [-0.2, -0.15) is 5.10 Å². The van der Waals surface area contributed by atoms with E-state index in [1.165, 1.54) is 12.3 Å². The Morgan fingerprint density at radius 2 is 1.87 bits per heavy atom. The van der Waals surface area contributed by atoms with Crippen LogP contribution in [0.5, 0.6) is 0 Å². The van der Waals surface area contributed by atoms with Crippen LogP contribution in [0.1, 0.15) is 21.5 Å². The van der Waals surface area contributed by atoms with Crippen molar-refractivity contribution in [2.24, 2.45) is 0 Å². The molecule has 0 saturated carbocycles. The van der Waals surface area contributed by atoms with Gasteiger partial charge >= 0.3 is 0 Å². The summed E-state index contributed by atoms with van der Waals surface area (Å²) in [6.45, 7) is 4.78. The molecule has 6 nitrogen and oxygen atoms in total. The van der Waals surface area contributed by atoms with E-state index in [9.17, 15) is 13.6 Å². The molecule has 2 N–H and O–H groups in total. The predicted octanol–water partition coefficient (Wildman–Crippen LogP) is 2.71. The number of benzene rings is 2. The summed E-state index contributed by atoms with van der Waals surface area (Å²) in [7, 11) is 2.11. The molecule has 8 heteroatoms. The van der Waals surface area contributed by atoms with Crippen LogP contribution in [0.25, 0.3) is 5.69 Å². The highest BCUT2D eigenvalue weighted by Crippen LogP contribution is 2.23. The highest BCUT2D eigenvalue weighted by Gasteiger charge is 2.20. The summed E-state index contributed by atoms with van der Waals surface area (Å²) in [4.78, 5) is 17.7. The molecule has 1 saturated heterocycles. The number of aromatic nitrogens is 2. The zero-order chi connectivity index (χ0) is 21.3. The van der Waals surface area contributed by atoms with E-state index in [1.54, 1.807) is 6.07 Å². The molecule has 30 heavy (non-hydrogen) atoms. The van der Waals surface area contributed by atoms with E-state index in [2.05, 4.69) is 21.9 Å². The maximum Gasteiger partial charge on any atom is 0.198 e. The molecule has 1 aliphatic heterocycles. The number of carbonyl (C=O) groups is 1. The van der Waals surface area contributed by atoms with E-state index < -0.39 is 11.6 Å². The molecule has 4 rings (SSSR count). The van der Waals surface area contributed by atoms with Crippen molar-refractivity contribution >= 4 is 11.6 Å². The quantitative estimate of drug-likeness (QED) is 0.654. The number of nitrogens with two attached hydrogens (primary N) is 1. The molecule has 0 amide bonds. The zero-order valence-electron chi connectivity index (χ0n) is 16.7. The molecule has 3 aromatic rings. The Labute approximate surface area is 173 Å². The number of hydrogen-bond acceptors (Lipinski definition) is 5. The minimum Gasteiger partial charge on any atom is -0.383 e. The third kappa shape index (κ3) is 4.10. The van der Waals surface area contributed by atoms with Gasteiger partial charge in [0, 0.05) is 44.4 Å². The van der Waals surface area contributed by atoms with Crippen molar-refractivity contribution in [3.05, 3.63) is 77.0 Å². The van der Waals surface area contributed by atoms with E-state index in [4.69, 9.17) is 5.73 Å². The Bertz CT molecular complexity index is 1070. The number of nitrogen functional groups attached to an aromatic ring is 1. The molecule has 2 aromatic carbocycles. The van der Waals surface area contributed by atoms with Crippen molar-refractivity contribution in [2.45, 2.75) is 6.54 Å². The molecule has 0 radical (unpaired) electrons. The SMILES string of the molecule is CN1CCN(Cc2cccc(C(=O)c3cnn(-c4ccc(F)cc4F)c3N)c2)CC1. The highest BCUT2D eigenvalue weighted by molar-refractivity contribution is 6.11. The molecule has 1 aliphatic rings. The second kappa shape index (κ2) is 8.33. The summed E-state index contributed by atoms with van der Waals surface area (Å²) in [5, 5.41) is 4.04. The van der Waals surface area contributed by atoms with Gasteiger partial charge in [-0.3, -0.25) is 9.69 Å². The molecular weight excluding hydrogens is 388 g/mol. The number of halogens is 2. The molecule has 0 unspecified atom stereocenters. The first-order valence-electron chi connectivity index (χ1n) is 9.76. The first kappa shape index (κ1) is 20.2. The van der Waals surface area contributed by atoms with Crippen molar-refractivity contribution in [1.29, 1.82) is 0 Å². The smallest absolute Gasteiger partial charge is 0.198 e. The minimum atomic E-state index is -0.807. The third-order valence-electron chi connectivity index (χ3n) is 5.38. The summed E-state index contributed by atoms with van der Waals surface area (Å²) in [5.74, 6) is -1.79. The summed E-state index contributed by atoms with van der Waals surface area (Å²) >= 11 is 0. The fourth-order valence-corrected chi connectivity index (χ4v) is 3.61. The third-order valence-corrected chi connectivity index (χ3v) is 5.38. The van der Waals surface area contributed by atoms with Gasteiger partial charge in [-0.25, -0.2) is 13.5 Å². The largest absolute Gasteiger partial charge is 0.383 e. The maximum atomic E-state index is 14.1. The standard InChI is InChI=1S/C22H23F2N5O/c1-27-7-9-28(10-8-27)14-15-3-2-4-16(11-15)21(30)18-13-26-29(22(18)25)20-6-5-17(23)12-19(20)24/h2-6,11-13H,7-10,14,25H2,1H3. The van der Waals surface area contributed by atoms with Gasteiger partial charge in [0.25, 0.3) is 0 Å². The molecule has 1 aromatic heterocycles. The number of rotatable bonds is 5. The first-order valence-corrected chi connectivity index (χ1v) is 9.76. The van der Waals surface area contributed by atoms with E-state index in [-0.39, 0.29) is 22.9 Å². The Morgan fingerprint density at radius 1 is 1.10 bits per heavy atom. The normalized spacial score (nSPS) is 15.4. The topological polar surface area (TPSA) is 67.4 Å². The van der Waals surface area contributed by atoms with Crippen LogP contribution in [0.2, 0.25) is 0 Å². The van der Waals surface area contributed by atoms with Crippen LogP contribution in [0.3, 0.4) is 0 Å². The number of nitrogens with zero attached hydrogens (tertiary/aromatic N) is 4. The summed E-state index contributed by atoms with van der Waals surface area (Å²) in [6.07, 6.45) is 1.31. The number of hydrogen-bond donors (Lipinski definition) is 1. The molecule has 0 atom stereocenters. The van der Waals surface area contributed by atoms with E-state index >= 15 is 0 Å². The lowest BCUT2D eigenvalue weighted by Gasteiger charge is -2.32. The predicted molar refractivity (Wildman–Crippen MR) is 111 cm³/mol. The van der Waals surface area contributed by atoms with Crippen molar-refractivity contribution < 1.29 is 13.6 Å². The van der Waals surface area contributed by atoms with Gasteiger partial charge in [0.2, 0.25) is 0 Å². The fraction of sp³-hybridized carbons (Fsp3) is 0.273. The van der Waals surface area contributed by atoms with E-state index in [1.807, 2.05) is 18.2 Å². The molecule has 0 bridgehead atoms. The number of likely N-dealkylation sites (N-methyl/N-ethyl adjacent to an activating group) is 1. The molecule has 1 fully saturated rings. The van der Waals surface area contributed by atoms with Gasteiger partial charge in [-0.15, -0.1) is 0 Å². The van der Waals surface area contributed by atoms with Gasteiger partial charge < -0.3 is 10.6 Å². The van der Waals surface area contributed by atoms with Gasteiger partial charge in [0.15, 0.2) is 11.6 Å². The van der Waals surface area contributed by atoms with Crippen LogP contribution in [-0.4, -0.2) is 58.6 Å². The fourth-order valence-electron chi connectivity index (χ4n) is 3.61. The number of piperazine rings is 1. The maximum absolute atomic E-state index is 14.1. The van der Waals surface area contributed by atoms with Crippen LogP contribution in [0.4, 0.5) is 14.6 Å².